The molecule has 0 bridgehead atoms. The van der Waals surface area contributed by atoms with E-state index in [9.17, 15) is 0 Å². The van der Waals surface area contributed by atoms with Crippen molar-refractivity contribution in [3.8, 4) is 0 Å². The predicted octanol–water partition coefficient (Wildman–Crippen LogP) is -0.624. The number of oxime groups is 1. The molecule has 3 N–H and O–H groups in total. The van der Waals surface area contributed by atoms with Crippen LogP contribution in [-0.2, 0) is 0 Å². The van der Waals surface area contributed by atoms with Crippen molar-refractivity contribution in [2.24, 2.45) is 5.16 Å². The van der Waals surface area contributed by atoms with E-state index in [1.54, 1.807) is 6.92 Å². The third-order valence-electron chi connectivity index (χ3n) is 0.643. The molecule has 0 aromatic heterocycles. The topological polar surface area (TPSA) is 64.9 Å². The lowest BCUT2D eigenvalue weighted by molar-refractivity contribution is 0.295. The summed E-state index contributed by atoms with van der Waals surface area (Å²) in [5.41, 5.74) is 0. The van der Waals surface area contributed by atoms with Crippen molar-refractivity contribution in [3.05, 3.63) is 0 Å². The summed E-state index contributed by atoms with van der Waals surface area (Å²) in [5.74, 6) is 0.416. The molecule has 0 heterocycles. The molecule has 0 saturated carbocycles. The molecule has 0 aliphatic heterocycles. The first kappa shape index (κ1) is 7.23. The van der Waals surface area contributed by atoms with E-state index in [4.69, 9.17) is 10.3 Å². The van der Waals surface area contributed by atoms with Gasteiger partial charge >= 0.3 is 0 Å². The van der Waals surface area contributed by atoms with Crippen molar-refractivity contribution in [1.29, 1.82) is 0 Å². The quantitative estimate of drug-likeness (QED) is 0.196. The van der Waals surface area contributed by atoms with E-state index in [0.717, 1.165) is 0 Å². The highest BCUT2D eigenvalue weighted by molar-refractivity contribution is 5.78. The standard InChI is InChI=1S/C4H10N2O2/c1-4(6-8)5-2-3-7/h7-8H,2-3H2,1H3,(H,5,6). The summed E-state index contributed by atoms with van der Waals surface area (Å²) < 4.78 is 0. The summed E-state index contributed by atoms with van der Waals surface area (Å²) in [5, 5.41) is 21.7. The van der Waals surface area contributed by atoms with Gasteiger partial charge in [0.2, 0.25) is 0 Å². The molecule has 0 saturated heterocycles. The second-order valence-corrected chi connectivity index (χ2v) is 1.34. The minimum atomic E-state index is 0.0485. The summed E-state index contributed by atoms with van der Waals surface area (Å²) in [6.45, 7) is 2.08. The smallest absolute Gasteiger partial charge is 0.138 e. The van der Waals surface area contributed by atoms with Gasteiger partial charge in [0.15, 0.2) is 0 Å². The molecule has 0 aromatic carbocycles. The van der Waals surface area contributed by atoms with Gasteiger partial charge in [-0.3, -0.25) is 0 Å². The number of aliphatic hydroxyl groups excluding tert-OH is 1. The van der Waals surface area contributed by atoms with Gasteiger partial charge < -0.3 is 15.6 Å². The first-order valence-corrected chi connectivity index (χ1v) is 2.34. The van der Waals surface area contributed by atoms with Crippen LogP contribution in [0, 0.1) is 0 Å². The van der Waals surface area contributed by atoms with Crippen LogP contribution < -0.4 is 5.32 Å². The first-order chi connectivity index (χ1) is 3.81. The van der Waals surface area contributed by atoms with Crippen LogP contribution in [0.4, 0.5) is 0 Å². The van der Waals surface area contributed by atoms with E-state index in [0.29, 0.717) is 12.4 Å². The van der Waals surface area contributed by atoms with E-state index in [1.165, 1.54) is 0 Å². The molecule has 0 aliphatic rings. The Morgan fingerprint density at radius 2 is 2.38 bits per heavy atom. The van der Waals surface area contributed by atoms with Crippen LogP contribution >= 0.6 is 0 Å². The van der Waals surface area contributed by atoms with E-state index in [-0.39, 0.29) is 6.61 Å². The van der Waals surface area contributed by atoms with Gasteiger partial charge in [-0.05, 0) is 6.92 Å². The second-order valence-electron chi connectivity index (χ2n) is 1.34. The number of rotatable bonds is 2. The Balaban J connectivity index is 3.12. The maximum atomic E-state index is 8.21. The third kappa shape index (κ3) is 3.42. The fraction of sp³-hybridized carbons (Fsp3) is 0.750. The Bertz CT molecular complexity index is 82.1. The number of hydrogen-bond acceptors (Lipinski definition) is 3. The van der Waals surface area contributed by atoms with E-state index in [2.05, 4.69) is 10.5 Å². The SMILES string of the molecule is C/C(=N/O)NCCO. The van der Waals surface area contributed by atoms with Crippen LogP contribution in [0.2, 0.25) is 0 Å². The normalized spacial score (nSPS) is 11.5. The van der Waals surface area contributed by atoms with Crippen LogP contribution in [0.3, 0.4) is 0 Å². The highest BCUT2D eigenvalue weighted by atomic mass is 16.4. The Morgan fingerprint density at radius 3 is 2.75 bits per heavy atom. The predicted molar refractivity (Wildman–Crippen MR) is 30.0 cm³/mol. The lowest BCUT2D eigenvalue weighted by Crippen LogP contribution is -2.23. The van der Waals surface area contributed by atoms with Crippen molar-refractivity contribution < 1.29 is 10.3 Å². The van der Waals surface area contributed by atoms with Gasteiger partial charge in [-0.2, -0.15) is 0 Å². The van der Waals surface area contributed by atoms with Crippen LogP contribution in [0.25, 0.3) is 0 Å². The average Bonchev–Trinajstić information content (AvgIpc) is 1.83. The van der Waals surface area contributed by atoms with Gasteiger partial charge in [0.25, 0.3) is 0 Å². The van der Waals surface area contributed by atoms with Crippen LogP contribution in [0.1, 0.15) is 6.92 Å². The highest BCUT2D eigenvalue weighted by Crippen LogP contribution is 1.64. The Morgan fingerprint density at radius 1 is 1.75 bits per heavy atom. The maximum Gasteiger partial charge on any atom is 0.138 e. The average molecular weight is 118 g/mol. The largest absolute Gasteiger partial charge is 0.409 e. The summed E-state index contributed by atoms with van der Waals surface area (Å²) in [4.78, 5) is 0. The van der Waals surface area contributed by atoms with Gasteiger partial charge in [0.05, 0.1) is 6.61 Å². The Hall–Kier alpha value is -0.770. The van der Waals surface area contributed by atoms with Crippen molar-refractivity contribution in [2.45, 2.75) is 6.92 Å². The van der Waals surface area contributed by atoms with Crippen LogP contribution in [0.15, 0.2) is 5.16 Å². The zero-order valence-corrected chi connectivity index (χ0v) is 4.76. The lowest BCUT2D eigenvalue weighted by atomic mass is 10.6. The summed E-state index contributed by atoms with van der Waals surface area (Å²) in [6.07, 6.45) is 0. The monoisotopic (exact) mass is 118 g/mol. The molecule has 0 rings (SSSR count). The molecule has 4 heteroatoms. The van der Waals surface area contributed by atoms with Crippen molar-refractivity contribution >= 4 is 5.84 Å². The van der Waals surface area contributed by atoms with Gasteiger partial charge in [-0.25, -0.2) is 0 Å². The van der Waals surface area contributed by atoms with E-state index >= 15 is 0 Å². The fourth-order valence-electron chi connectivity index (χ4n) is 0.272. The molecule has 0 spiro atoms. The zero-order valence-electron chi connectivity index (χ0n) is 4.76. The van der Waals surface area contributed by atoms with E-state index < -0.39 is 0 Å². The molecule has 0 atom stereocenters. The van der Waals surface area contributed by atoms with Gasteiger partial charge in [0, 0.05) is 6.54 Å². The van der Waals surface area contributed by atoms with Gasteiger partial charge in [0.1, 0.15) is 5.84 Å². The van der Waals surface area contributed by atoms with Crippen molar-refractivity contribution in [3.63, 3.8) is 0 Å². The maximum absolute atomic E-state index is 8.21. The Labute approximate surface area is 47.8 Å². The number of aliphatic hydroxyl groups is 1. The number of amidine groups is 1. The molecule has 0 amide bonds. The summed E-state index contributed by atoms with van der Waals surface area (Å²) in [7, 11) is 0. The zero-order chi connectivity index (χ0) is 6.41. The summed E-state index contributed by atoms with van der Waals surface area (Å²) in [6, 6.07) is 0. The first-order valence-electron chi connectivity index (χ1n) is 2.34. The van der Waals surface area contributed by atoms with Gasteiger partial charge in [-0.1, -0.05) is 5.16 Å². The van der Waals surface area contributed by atoms with Crippen LogP contribution in [0.5, 0.6) is 0 Å². The van der Waals surface area contributed by atoms with Crippen molar-refractivity contribution in [1.82, 2.24) is 5.32 Å². The number of hydrogen-bond donors (Lipinski definition) is 3. The molecule has 0 aromatic rings. The van der Waals surface area contributed by atoms with Crippen LogP contribution in [-0.4, -0.2) is 29.3 Å². The molecule has 0 unspecified atom stereocenters. The minimum Gasteiger partial charge on any atom is -0.409 e. The molecular weight excluding hydrogens is 108 g/mol. The molecule has 48 valence electrons. The molecule has 8 heavy (non-hydrogen) atoms. The second kappa shape index (κ2) is 4.39. The molecule has 0 radical (unpaired) electrons. The van der Waals surface area contributed by atoms with Crippen molar-refractivity contribution in [2.75, 3.05) is 13.2 Å². The number of nitrogens with one attached hydrogen (secondary N) is 1. The summed E-state index contributed by atoms with van der Waals surface area (Å²) >= 11 is 0. The highest BCUT2D eigenvalue weighted by Gasteiger charge is 1.84. The minimum absolute atomic E-state index is 0.0485. The Kier molecular flexibility index (Phi) is 3.97. The molecule has 0 aliphatic carbocycles. The van der Waals surface area contributed by atoms with E-state index in [1.807, 2.05) is 0 Å². The molecule has 0 fully saturated rings. The molecule has 4 nitrogen and oxygen atoms in total. The third-order valence-corrected chi connectivity index (χ3v) is 0.643. The van der Waals surface area contributed by atoms with Gasteiger partial charge in [-0.15, -0.1) is 0 Å². The fourth-order valence-corrected chi connectivity index (χ4v) is 0.272. The lowest BCUT2D eigenvalue weighted by Gasteiger charge is -1.97. The number of nitrogens with zero attached hydrogens (tertiary/aromatic N) is 1. The molecular formula is C4H10N2O2.